The van der Waals surface area contributed by atoms with Gasteiger partial charge in [0.15, 0.2) is 5.78 Å². The van der Waals surface area contributed by atoms with Crippen molar-refractivity contribution in [1.29, 1.82) is 0 Å². The quantitative estimate of drug-likeness (QED) is 0.457. The van der Waals surface area contributed by atoms with Crippen molar-refractivity contribution in [3.8, 4) is 0 Å². The van der Waals surface area contributed by atoms with Crippen molar-refractivity contribution in [1.82, 2.24) is 4.98 Å². The van der Waals surface area contributed by atoms with Crippen LogP contribution in [0.2, 0.25) is 0 Å². The predicted octanol–water partition coefficient (Wildman–Crippen LogP) is 5.45. The first-order valence-electron chi connectivity index (χ1n) is 10.00. The van der Waals surface area contributed by atoms with Crippen molar-refractivity contribution >= 4 is 33.6 Å². The number of hydrogen-bond donors (Lipinski definition) is 1. The summed E-state index contributed by atoms with van der Waals surface area (Å²) >= 11 is 0. The van der Waals surface area contributed by atoms with Crippen molar-refractivity contribution in [2.45, 2.75) is 32.7 Å². The topological polar surface area (TPSA) is 85.1 Å². The second-order valence-corrected chi connectivity index (χ2v) is 8.78. The van der Waals surface area contributed by atoms with Gasteiger partial charge >= 0.3 is 0 Å². The fourth-order valence-electron chi connectivity index (χ4n) is 4.85. The summed E-state index contributed by atoms with van der Waals surface area (Å²) in [6.07, 6.45) is 2.91. The van der Waals surface area contributed by atoms with E-state index in [-0.39, 0.29) is 21.8 Å². The van der Waals surface area contributed by atoms with Crippen LogP contribution in [0.1, 0.15) is 43.9 Å². The highest BCUT2D eigenvalue weighted by Crippen LogP contribution is 2.52. The molecule has 0 fully saturated rings. The van der Waals surface area contributed by atoms with E-state index >= 15 is 0 Å². The molecule has 0 radical (unpaired) electrons. The van der Waals surface area contributed by atoms with Crippen molar-refractivity contribution in [2.75, 3.05) is 5.32 Å². The van der Waals surface area contributed by atoms with E-state index in [1.165, 1.54) is 6.07 Å². The van der Waals surface area contributed by atoms with Gasteiger partial charge in [0.2, 0.25) is 0 Å². The van der Waals surface area contributed by atoms with Crippen LogP contribution in [0.15, 0.2) is 60.3 Å². The van der Waals surface area contributed by atoms with Gasteiger partial charge in [-0.15, -0.1) is 0 Å². The number of nitrogens with zero attached hydrogens (tertiary/aromatic N) is 2. The SMILES string of the molecule is CC1(C)CC(=O)C2=C(C1)c1c(ccc3ncccc13)NC2c1ccccc1[N+](=O)[O-]. The monoisotopic (exact) mass is 399 g/mol. The van der Waals surface area contributed by atoms with Crippen molar-refractivity contribution in [3.05, 3.63) is 81.5 Å². The maximum absolute atomic E-state index is 13.4. The summed E-state index contributed by atoms with van der Waals surface area (Å²) in [5, 5.41) is 16.1. The number of carbonyl (C=O) groups is 1. The maximum Gasteiger partial charge on any atom is 0.275 e. The number of pyridine rings is 1. The van der Waals surface area contributed by atoms with E-state index in [9.17, 15) is 14.9 Å². The normalized spacial score (nSPS) is 19.8. The van der Waals surface area contributed by atoms with Gasteiger partial charge in [-0.1, -0.05) is 32.0 Å². The molecule has 30 heavy (non-hydrogen) atoms. The van der Waals surface area contributed by atoms with Crippen molar-refractivity contribution < 1.29 is 9.72 Å². The smallest absolute Gasteiger partial charge is 0.275 e. The molecule has 1 aliphatic carbocycles. The second-order valence-electron chi connectivity index (χ2n) is 8.78. The van der Waals surface area contributed by atoms with E-state index in [0.29, 0.717) is 17.6 Å². The highest BCUT2D eigenvalue weighted by atomic mass is 16.6. The van der Waals surface area contributed by atoms with Gasteiger partial charge in [-0.05, 0) is 41.7 Å². The lowest BCUT2D eigenvalue weighted by Crippen LogP contribution is -2.33. The molecule has 1 unspecified atom stereocenters. The Morgan fingerprint density at radius 2 is 1.90 bits per heavy atom. The molecule has 1 aliphatic heterocycles. The predicted molar refractivity (Wildman–Crippen MR) is 116 cm³/mol. The maximum atomic E-state index is 13.4. The summed E-state index contributed by atoms with van der Waals surface area (Å²) < 4.78 is 0. The van der Waals surface area contributed by atoms with Crippen LogP contribution in [-0.2, 0) is 4.79 Å². The van der Waals surface area contributed by atoms with Crippen molar-refractivity contribution in [3.63, 3.8) is 0 Å². The first kappa shape index (κ1) is 18.5. The molecule has 1 N–H and O–H groups in total. The largest absolute Gasteiger partial charge is 0.373 e. The zero-order valence-electron chi connectivity index (χ0n) is 16.8. The van der Waals surface area contributed by atoms with E-state index < -0.39 is 6.04 Å². The third kappa shape index (κ3) is 2.79. The van der Waals surface area contributed by atoms with Gasteiger partial charge in [0.05, 0.1) is 22.0 Å². The molecule has 3 aromatic rings. The lowest BCUT2D eigenvalue weighted by molar-refractivity contribution is -0.385. The number of rotatable bonds is 2. The molecule has 2 heterocycles. The lowest BCUT2D eigenvalue weighted by Gasteiger charge is -2.40. The minimum absolute atomic E-state index is 0.0189. The molecule has 6 heteroatoms. The molecule has 0 bridgehead atoms. The molecule has 0 saturated heterocycles. The Kier molecular flexibility index (Phi) is 4.00. The first-order valence-corrected chi connectivity index (χ1v) is 10.00. The summed E-state index contributed by atoms with van der Waals surface area (Å²) in [5.74, 6) is 0.0449. The van der Waals surface area contributed by atoms with Crippen LogP contribution in [0.5, 0.6) is 0 Å². The van der Waals surface area contributed by atoms with Gasteiger partial charge in [-0.3, -0.25) is 19.9 Å². The molecule has 150 valence electrons. The summed E-state index contributed by atoms with van der Waals surface area (Å²) in [5.41, 5.74) is 4.71. The number of benzene rings is 2. The van der Waals surface area contributed by atoms with Crippen LogP contribution >= 0.6 is 0 Å². The van der Waals surface area contributed by atoms with E-state index in [0.717, 1.165) is 34.1 Å². The zero-order valence-corrected chi connectivity index (χ0v) is 16.8. The van der Waals surface area contributed by atoms with Crippen LogP contribution in [0.25, 0.3) is 16.5 Å². The number of nitrogens with one attached hydrogen (secondary N) is 1. The highest BCUT2D eigenvalue weighted by Gasteiger charge is 2.42. The summed E-state index contributed by atoms with van der Waals surface area (Å²) in [4.78, 5) is 29.2. The van der Waals surface area contributed by atoms with Crippen LogP contribution in [0.4, 0.5) is 11.4 Å². The van der Waals surface area contributed by atoms with E-state index in [2.05, 4.69) is 24.1 Å². The molecule has 6 nitrogen and oxygen atoms in total. The Morgan fingerprint density at radius 3 is 2.70 bits per heavy atom. The molecule has 1 atom stereocenters. The minimum atomic E-state index is -0.549. The number of hydrogen-bond acceptors (Lipinski definition) is 5. The molecule has 0 spiro atoms. The lowest BCUT2D eigenvalue weighted by atomic mass is 9.68. The minimum Gasteiger partial charge on any atom is -0.373 e. The number of nitro groups is 1. The second kappa shape index (κ2) is 6.49. The molecule has 5 rings (SSSR count). The van der Waals surface area contributed by atoms with Crippen LogP contribution in [0.3, 0.4) is 0 Å². The van der Waals surface area contributed by atoms with E-state index in [1.54, 1.807) is 24.4 Å². The van der Waals surface area contributed by atoms with Crippen molar-refractivity contribution in [2.24, 2.45) is 5.41 Å². The molecule has 0 saturated carbocycles. The van der Waals surface area contributed by atoms with Gasteiger partial charge in [-0.25, -0.2) is 0 Å². The van der Waals surface area contributed by atoms with E-state index in [4.69, 9.17) is 0 Å². The molecule has 1 aromatic heterocycles. The standard InChI is InChI=1S/C24H21N3O3/c1-24(2)12-16-21-14-7-5-11-25-17(14)9-10-18(21)26-23(22(16)20(28)13-24)15-6-3-4-8-19(15)27(29)30/h3-11,23,26H,12-13H2,1-2H3. The molecule has 2 aliphatic rings. The van der Waals surface area contributed by atoms with Gasteiger partial charge in [0.1, 0.15) is 0 Å². The summed E-state index contributed by atoms with van der Waals surface area (Å²) in [6, 6.07) is 13.9. The third-order valence-electron chi connectivity index (χ3n) is 6.04. The molecular formula is C24H21N3O3. The average Bonchev–Trinajstić information content (AvgIpc) is 2.71. The molecular weight excluding hydrogens is 378 g/mol. The number of carbonyl (C=O) groups excluding carboxylic acids is 1. The third-order valence-corrected chi connectivity index (χ3v) is 6.04. The van der Waals surface area contributed by atoms with Gasteiger partial charge in [0.25, 0.3) is 5.69 Å². The fourth-order valence-corrected chi connectivity index (χ4v) is 4.85. The number of aromatic nitrogens is 1. The Labute approximate surface area is 173 Å². The zero-order chi connectivity index (χ0) is 21.0. The number of anilines is 1. The average molecular weight is 399 g/mol. The number of fused-ring (bicyclic) bond motifs is 4. The number of allylic oxidation sites excluding steroid dienone is 1. The summed E-state index contributed by atoms with van der Waals surface area (Å²) in [7, 11) is 0. The Balaban J connectivity index is 1.82. The Morgan fingerprint density at radius 1 is 1.10 bits per heavy atom. The number of ketones is 1. The van der Waals surface area contributed by atoms with E-state index in [1.807, 2.05) is 24.3 Å². The molecule has 2 aromatic carbocycles. The van der Waals surface area contributed by atoms with Crippen LogP contribution in [0, 0.1) is 15.5 Å². The Bertz CT molecular complexity index is 1260. The number of Topliss-reactive ketones (excluding diaryl/α,β-unsaturated/α-hetero) is 1. The number of para-hydroxylation sites is 1. The van der Waals surface area contributed by atoms with Gasteiger partial charge in [0, 0.05) is 40.9 Å². The molecule has 0 amide bonds. The first-order chi connectivity index (χ1) is 14.4. The van der Waals surface area contributed by atoms with Crippen LogP contribution < -0.4 is 5.32 Å². The highest BCUT2D eigenvalue weighted by molar-refractivity contribution is 6.12. The fraction of sp³-hybridized carbons (Fsp3) is 0.250. The van der Waals surface area contributed by atoms with Gasteiger partial charge < -0.3 is 5.32 Å². The number of nitro benzene ring substituents is 1. The summed E-state index contributed by atoms with van der Waals surface area (Å²) in [6.45, 7) is 4.19. The Hall–Kier alpha value is -3.54. The van der Waals surface area contributed by atoms with Crippen LogP contribution in [-0.4, -0.2) is 15.7 Å². The van der Waals surface area contributed by atoms with Gasteiger partial charge in [-0.2, -0.15) is 0 Å².